The summed E-state index contributed by atoms with van der Waals surface area (Å²) in [5.41, 5.74) is 0.918. The summed E-state index contributed by atoms with van der Waals surface area (Å²) in [7, 11) is -1.47. The van der Waals surface area contributed by atoms with Crippen molar-refractivity contribution >= 4 is 8.32 Å². The summed E-state index contributed by atoms with van der Waals surface area (Å²) in [6.45, 7) is 9.57. The summed E-state index contributed by atoms with van der Waals surface area (Å²) in [4.78, 5) is 0. The van der Waals surface area contributed by atoms with Gasteiger partial charge in [0.25, 0.3) is 0 Å². The molecular weight excluding hydrogens is 320 g/mol. The first kappa shape index (κ1) is 23.2. The van der Waals surface area contributed by atoms with Gasteiger partial charge < -0.3 is 4.43 Å². The number of hydrogen-bond acceptors (Lipinski definition) is 1. The lowest BCUT2D eigenvalue weighted by molar-refractivity contribution is 0.187. The van der Waals surface area contributed by atoms with Crippen molar-refractivity contribution in [2.75, 3.05) is 0 Å². The maximum Gasteiger partial charge on any atom is 0.190 e. The Morgan fingerprint density at radius 2 is 1.24 bits per heavy atom. The molecule has 1 unspecified atom stereocenters. The van der Waals surface area contributed by atoms with Gasteiger partial charge in [-0.25, -0.2) is 0 Å². The second kappa shape index (κ2) is 14.3. The summed E-state index contributed by atoms with van der Waals surface area (Å²) < 4.78 is 6.61. The molecule has 150 valence electrons. The molecular formula is C23H48OSi. The van der Waals surface area contributed by atoms with Crippen molar-refractivity contribution in [2.45, 2.75) is 148 Å². The van der Waals surface area contributed by atoms with Crippen molar-refractivity contribution < 1.29 is 4.43 Å². The van der Waals surface area contributed by atoms with Gasteiger partial charge in [-0.1, -0.05) is 110 Å². The van der Waals surface area contributed by atoms with Gasteiger partial charge in [0.15, 0.2) is 8.32 Å². The zero-order valence-corrected chi connectivity index (χ0v) is 19.1. The van der Waals surface area contributed by atoms with E-state index in [1.807, 2.05) is 0 Å². The quantitative estimate of drug-likeness (QED) is 0.207. The minimum atomic E-state index is -1.47. The SMILES string of the molecule is CCCCCCCCCCCCCC(C)O[Si](C)(C)C1CCCCC1. The van der Waals surface area contributed by atoms with Crippen molar-refractivity contribution in [1.29, 1.82) is 0 Å². The van der Waals surface area contributed by atoms with Crippen LogP contribution in [-0.2, 0) is 4.43 Å². The molecule has 0 aromatic heterocycles. The number of rotatable bonds is 15. The van der Waals surface area contributed by atoms with Crippen molar-refractivity contribution in [3.05, 3.63) is 0 Å². The van der Waals surface area contributed by atoms with Crippen molar-refractivity contribution in [3.8, 4) is 0 Å². The predicted molar refractivity (Wildman–Crippen MR) is 116 cm³/mol. The lowest BCUT2D eigenvalue weighted by atomic mass is 10.0. The van der Waals surface area contributed by atoms with Crippen LogP contribution in [0.3, 0.4) is 0 Å². The molecule has 0 heterocycles. The molecule has 0 amide bonds. The topological polar surface area (TPSA) is 9.23 Å². The molecule has 0 saturated heterocycles. The lowest BCUT2D eigenvalue weighted by Gasteiger charge is -2.37. The average Bonchev–Trinajstić information content (AvgIpc) is 2.60. The van der Waals surface area contributed by atoms with Crippen LogP contribution < -0.4 is 0 Å². The molecule has 1 aliphatic carbocycles. The molecule has 1 saturated carbocycles. The van der Waals surface area contributed by atoms with E-state index in [1.54, 1.807) is 0 Å². The van der Waals surface area contributed by atoms with Crippen LogP contribution in [0, 0.1) is 0 Å². The van der Waals surface area contributed by atoms with E-state index in [2.05, 4.69) is 26.9 Å². The third-order valence-corrected chi connectivity index (χ3v) is 9.86. The van der Waals surface area contributed by atoms with Crippen LogP contribution in [0.2, 0.25) is 18.6 Å². The van der Waals surface area contributed by atoms with Crippen LogP contribution >= 0.6 is 0 Å². The van der Waals surface area contributed by atoms with Crippen LogP contribution in [-0.4, -0.2) is 14.4 Å². The Morgan fingerprint density at radius 1 is 0.760 bits per heavy atom. The molecule has 1 aliphatic rings. The average molecular weight is 369 g/mol. The van der Waals surface area contributed by atoms with Crippen LogP contribution in [0.15, 0.2) is 0 Å². The fourth-order valence-electron chi connectivity index (χ4n) is 4.57. The first-order valence-corrected chi connectivity index (χ1v) is 14.7. The van der Waals surface area contributed by atoms with E-state index in [0.717, 1.165) is 5.54 Å². The monoisotopic (exact) mass is 368 g/mol. The first-order valence-electron chi connectivity index (χ1n) is 11.7. The Morgan fingerprint density at radius 3 is 1.76 bits per heavy atom. The zero-order valence-electron chi connectivity index (χ0n) is 18.1. The van der Waals surface area contributed by atoms with Gasteiger partial charge in [-0.15, -0.1) is 0 Å². The Balaban J connectivity index is 1.95. The highest BCUT2D eigenvalue weighted by molar-refractivity contribution is 6.72. The third-order valence-electron chi connectivity index (χ3n) is 6.31. The van der Waals surface area contributed by atoms with Crippen molar-refractivity contribution in [1.82, 2.24) is 0 Å². The molecule has 0 spiro atoms. The summed E-state index contributed by atoms with van der Waals surface area (Å²) in [5, 5.41) is 0. The smallest absolute Gasteiger partial charge is 0.190 e. The van der Waals surface area contributed by atoms with Gasteiger partial charge in [-0.3, -0.25) is 0 Å². The highest BCUT2D eigenvalue weighted by Gasteiger charge is 2.35. The normalized spacial score (nSPS) is 17.8. The molecule has 0 aromatic rings. The molecule has 2 heteroatoms. The second-order valence-corrected chi connectivity index (χ2v) is 13.5. The van der Waals surface area contributed by atoms with Gasteiger partial charge in [0.05, 0.1) is 0 Å². The molecule has 1 rings (SSSR count). The van der Waals surface area contributed by atoms with E-state index in [1.165, 1.54) is 109 Å². The van der Waals surface area contributed by atoms with Gasteiger partial charge in [0.1, 0.15) is 0 Å². The van der Waals surface area contributed by atoms with Gasteiger partial charge in [0, 0.05) is 6.10 Å². The van der Waals surface area contributed by atoms with Crippen molar-refractivity contribution in [2.24, 2.45) is 0 Å². The van der Waals surface area contributed by atoms with E-state index in [0.29, 0.717) is 6.10 Å². The first-order chi connectivity index (χ1) is 12.1. The van der Waals surface area contributed by atoms with E-state index < -0.39 is 8.32 Å². The van der Waals surface area contributed by atoms with Gasteiger partial charge in [0.2, 0.25) is 0 Å². The molecule has 1 fully saturated rings. The van der Waals surface area contributed by atoms with Gasteiger partial charge in [-0.05, 0) is 32.0 Å². The summed E-state index contributed by atoms with van der Waals surface area (Å²) in [6.07, 6.45) is 24.7. The maximum absolute atomic E-state index is 6.61. The van der Waals surface area contributed by atoms with E-state index >= 15 is 0 Å². The Bertz CT molecular complexity index is 296. The minimum absolute atomic E-state index is 0.488. The zero-order chi connectivity index (χ0) is 18.4. The predicted octanol–water partition coefficient (Wildman–Crippen LogP) is 8.63. The largest absolute Gasteiger partial charge is 0.414 e. The highest BCUT2D eigenvalue weighted by Crippen LogP contribution is 2.38. The summed E-state index contributed by atoms with van der Waals surface area (Å²) >= 11 is 0. The molecule has 0 aromatic carbocycles. The Kier molecular flexibility index (Phi) is 13.2. The molecule has 1 nitrogen and oxygen atoms in total. The molecule has 0 bridgehead atoms. The fraction of sp³-hybridized carbons (Fsp3) is 1.00. The molecule has 25 heavy (non-hydrogen) atoms. The third kappa shape index (κ3) is 11.5. The molecule has 0 N–H and O–H groups in total. The van der Waals surface area contributed by atoms with E-state index in [4.69, 9.17) is 4.43 Å². The molecule has 0 aliphatic heterocycles. The number of unbranched alkanes of at least 4 members (excludes halogenated alkanes) is 10. The highest BCUT2D eigenvalue weighted by atomic mass is 28.4. The van der Waals surface area contributed by atoms with Gasteiger partial charge >= 0.3 is 0 Å². The molecule has 1 atom stereocenters. The van der Waals surface area contributed by atoms with Crippen molar-refractivity contribution in [3.63, 3.8) is 0 Å². The standard InChI is InChI=1S/C23H48OSi/c1-5-6-7-8-9-10-11-12-13-14-16-19-22(2)24-25(3,4)23-20-17-15-18-21-23/h22-23H,5-21H2,1-4H3. The fourth-order valence-corrected chi connectivity index (χ4v) is 7.71. The summed E-state index contributed by atoms with van der Waals surface area (Å²) in [6, 6.07) is 0. The Hall–Kier alpha value is 0.177. The van der Waals surface area contributed by atoms with Crippen LogP contribution in [0.4, 0.5) is 0 Å². The van der Waals surface area contributed by atoms with Crippen LogP contribution in [0.5, 0.6) is 0 Å². The minimum Gasteiger partial charge on any atom is -0.414 e. The Labute approximate surface area is 160 Å². The van der Waals surface area contributed by atoms with E-state index in [9.17, 15) is 0 Å². The van der Waals surface area contributed by atoms with Gasteiger partial charge in [-0.2, -0.15) is 0 Å². The second-order valence-electron chi connectivity index (χ2n) is 9.19. The number of hydrogen-bond donors (Lipinski definition) is 0. The van der Waals surface area contributed by atoms with E-state index in [-0.39, 0.29) is 0 Å². The molecule has 0 radical (unpaired) electrons. The summed E-state index contributed by atoms with van der Waals surface area (Å²) in [5.74, 6) is 0. The maximum atomic E-state index is 6.61. The van der Waals surface area contributed by atoms with Crippen LogP contribution in [0.25, 0.3) is 0 Å². The van der Waals surface area contributed by atoms with Crippen LogP contribution in [0.1, 0.15) is 123 Å². The lowest BCUT2D eigenvalue weighted by Crippen LogP contribution is -2.40.